The van der Waals surface area contributed by atoms with Crippen LogP contribution in [0.2, 0.25) is 0 Å². The molecule has 0 saturated heterocycles. The highest BCUT2D eigenvalue weighted by molar-refractivity contribution is 7.09. The summed E-state index contributed by atoms with van der Waals surface area (Å²) in [5.41, 5.74) is 5.58. The molecule has 2 unspecified atom stereocenters. The molecule has 15 heavy (non-hydrogen) atoms. The van der Waals surface area contributed by atoms with Crippen molar-refractivity contribution < 1.29 is 4.79 Å². The van der Waals surface area contributed by atoms with Gasteiger partial charge in [0.2, 0.25) is 5.91 Å². The Morgan fingerprint density at radius 2 is 2.40 bits per heavy atom. The van der Waals surface area contributed by atoms with Gasteiger partial charge in [0.05, 0.1) is 6.04 Å². The zero-order valence-corrected chi connectivity index (χ0v) is 9.88. The number of nitrogens with one attached hydrogen (secondary N) is 1. The van der Waals surface area contributed by atoms with E-state index in [-0.39, 0.29) is 18.0 Å². The van der Waals surface area contributed by atoms with Gasteiger partial charge in [-0.15, -0.1) is 11.3 Å². The molecule has 0 spiro atoms. The zero-order chi connectivity index (χ0) is 11.3. The van der Waals surface area contributed by atoms with Gasteiger partial charge in [0.15, 0.2) is 0 Å². The van der Waals surface area contributed by atoms with Gasteiger partial charge in [-0.2, -0.15) is 0 Å². The van der Waals surface area contributed by atoms with Crippen LogP contribution in [0.4, 0.5) is 0 Å². The van der Waals surface area contributed by atoms with Crippen LogP contribution in [-0.4, -0.2) is 16.9 Å². The SMILES string of the molecule is CC(N)CCC(=O)NC(C)c1nccs1. The predicted octanol–water partition coefficient (Wildman–Crippen LogP) is 1.45. The highest BCUT2D eigenvalue weighted by atomic mass is 32.1. The molecule has 1 aromatic rings. The molecule has 4 nitrogen and oxygen atoms in total. The van der Waals surface area contributed by atoms with Crippen molar-refractivity contribution in [3.8, 4) is 0 Å². The van der Waals surface area contributed by atoms with Crippen molar-refractivity contribution in [3.05, 3.63) is 16.6 Å². The number of rotatable bonds is 5. The summed E-state index contributed by atoms with van der Waals surface area (Å²) in [5.74, 6) is 0.0370. The summed E-state index contributed by atoms with van der Waals surface area (Å²) in [7, 11) is 0. The zero-order valence-electron chi connectivity index (χ0n) is 9.06. The third-order valence-electron chi connectivity index (χ3n) is 2.03. The molecule has 0 fully saturated rings. The Bertz CT molecular complexity index is 298. The molecule has 3 N–H and O–H groups in total. The van der Waals surface area contributed by atoms with Crippen molar-refractivity contribution in [2.75, 3.05) is 0 Å². The van der Waals surface area contributed by atoms with Crippen LogP contribution in [0.15, 0.2) is 11.6 Å². The summed E-state index contributed by atoms with van der Waals surface area (Å²) in [6.07, 6.45) is 2.94. The van der Waals surface area contributed by atoms with E-state index in [9.17, 15) is 4.79 Å². The second kappa shape index (κ2) is 5.82. The van der Waals surface area contributed by atoms with Crippen molar-refractivity contribution >= 4 is 17.2 Å². The molecule has 0 aliphatic rings. The van der Waals surface area contributed by atoms with E-state index in [0.717, 1.165) is 11.4 Å². The van der Waals surface area contributed by atoms with E-state index in [2.05, 4.69) is 10.3 Å². The second-order valence-corrected chi connectivity index (χ2v) is 4.60. The first-order chi connectivity index (χ1) is 7.09. The standard InChI is InChI=1S/C10H17N3OS/c1-7(11)3-4-9(14)13-8(2)10-12-5-6-15-10/h5-8H,3-4,11H2,1-2H3,(H,13,14). The lowest BCUT2D eigenvalue weighted by Gasteiger charge is -2.11. The highest BCUT2D eigenvalue weighted by Crippen LogP contribution is 2.14. The van der Waals surface area contributed by atoms with Crippen LogP contribution in [-0.2, 0) is 4.79 Å². The van der Waals surface area contributed by atoms with E-state index in [1.807, 2.05) is 19.2 Å². The summed E-state index contributed by atoms with van der Waals surface area (Å²) in [6.45, 7) is 3.83. The maximum Gasteiger partial charge on any atom is 0.220 e. The lowest BCUT2D eigenvalue weighted by Crippen LogP contribution is -2.28. The fourth-order valence-electron chi connectivity index (χ4n) is 1.18. The monoisotopic (exact) mass is 227 g/mol. The Morgan fingerprint density at radius 3 is 2.93 bits per heavy atom. The van der Waals surface area contributed by atoms with Crippen molar-refractivity contribution in [2.24, 2.45) is 5.73 Å². The summed E-state index contributed by atoms with van der Waals surface area (Å²) in [4.78, 5) is 15.6. The van der Waals surface area contributed by atoms with E-state index >= 15 is 0 Å². The van der Waals surface area contributed by atoms with Gasteiger partial charge in [0, 0.05) is 24.0 Å². The predicted molar refractivity (Wildman–Crippen MR) is 61.6 cm³/mol. The second-order valence-electron chi connectivity index (χ2n) is 3.68. The Morgan fingerprint density at radius 1 is 1.67 bits per heavy atom. The molecular formula is C10H17N3OS. The number of aromatic nitrogens is 1. The quantitative estimate of drug-likeness (QED) is 0.800. The first-order valence-electron chi connectivity index (χ1n) is 5.04. The maximum absolute atomic E-state index is 11.5. The fourth-order valence-corrected chi connectivity index (χ4v) is 1.83. The molecule has 1 rings (SSSR count). The van der Waals surface area contributed by atoms with Gasteiger partial charge in [0.25, 0.3) is 0 Å². The fraction of sp³-hybridized carbons (Fsp3) is 0.600. The van der Waals surface area contributed by atoms with Crippen molar-refractivity contribution in [2.45, 2.75) is 38.8 Å². The van der Waals surface area contributed by atoms with E-state index in [1.54, 1.807) is 17.5 Å². The van der Waals surface area contributed by atoms with Crippen LogP contribution in [0.25, 0.3) is 0 Å². The molecule has 84 valence electrons. The van der Waals surface area contributed by atoms with Gasteiger partial charge in [-0.3, -0.25) is 4.79 Å². The number of hydrogen-bond acceptors (Lipinski definition) is 4. The third kappa shape index (κ3) is 4.40. The van der Waals surface area contributed by atoms with Gasteiger partial charge in [-0.1, -0.05) is 0 Å². The van der Waals surface area contributed by atoms with E-state index in [1.165, 1.54) is 0 Å². The lowest BCUT2D eigenvalue weighted by molar-refractivity contribution is -0.121. The first-order valence-corrected chi connectivity index (χ1v) is 5.92. The Hall–Kier alpha value is -0.940. The molecule has 1 heterocycles. The van der Waals surface area contributed by atoms with Crippen molar-refractivity contribution in [1.29, 1.82) is 0 Å². The first kappa shape index (κ1) is 12.1. The molecule has 0 aliphatic heterocycles. The van der Waals surface area contributed by atoms with Crippen LogP contribution in [0, 0.1) is 0 Å². The maximum atomic E-state index is 11.5. The molecule has 0 saturated carbocycles. The summed E-state index contributed by atoms with van der Waals surface area (Å²) >= 11 is 1.55. The highest BCUT2D eigenvalue weighted by Gasteiger charge is 2.11. The summed E-state index contributed by atoms with van der Waals surface area (Å²) < 4.78 is 0. The van der Waals surface area contributed by atoms with Gasteiger partial charge >= 0.3 is 0 Å². The minimum atomic E-state index is -0.00872. The molecule has 1 amide bonds. The Labute approximate surface area is 93.9 Å². The number of hydrogen-bond donors (Lipinski definition) is 2. The van der Waals surface area contributed by atoms with Crippen LogP contribution < -0.4 is 11.1 Å². The van der Waals surface area contributed by atoms with Gasteiger partial charge in [0.1, 0.15) is 5.01 Å². The number of carbonyl (C=O) groups excluding carboxylic acids is 1. The summed E-state index contributed by atoms with van der Waals surface area (Å²) in [6, 6.07) is 0.0662. The average molecular weight is 227 g/mol. The van der Waals surface area contributed by atoms with Crippen molar-refractivity contribution in [1.82, 2.24) is 10.3 Å². The molecule has 1 aromatic heterocycles. The number of thiazole rings is 1. The Kier molecular flexibility index (Phi) is 4.71. The molecule has 0 aromatic carbocycles. The average Bonchev–Trinajstić information content (AvgIpc) is 2.67. The van der Waals surface area contributed by atoms with Gasteiger partial charge < -0.3 is 11.1 Å². The minimum absolute atomic E-state index is 0.00872. The molecule has 0 bridgehead atoms. The molecule has 0 aliphatic carbocycles. The van der Waals surface area contributed by atoms with E-state index in [4.69, 9.17) is 5.73 Å². The summed E-state index contributed by atoms with van der Waals surface area (Å²) in [5, 5.41) is 5.73. The van der Waals surface area contributed by atoms with Crippen LogP contribution in [0.5, 0.6) is 0 Å². The normalized spacial score (nSPS) is 14.6. The largest absolute Gasteiger partial charge is 0.347 e. The van der Waals surface area contributed by atoms with Gasteiger partial charge in [-0.05, 0) is 20.3 Å². The smallest absolute Gasteiger partial charge is 0.220 e. The molecular weight excluding hydrogens is 210 g/mol. The van der Waals surface area contributed by atoms with Crippen molar-refractivity contribution in [3.63, 3.8) is 0 Å². The van der Waals surface area contributed by atoms with Crippen LogP contribution in [0.3, 0.4) is 0 Å². The third-order valence-corrected chi connectivity index (χ3v) is 2.98. The van der Waals surface area contributed by atoms with Gasteiger partial charge in [-0.25, -0.2) is 4.98 Å². The number of nitrogens with two attached hydrogens (primary N) is 1. The molecule has 0 radical (unpaired) electrons. The number of carbonyl (C=O) groups is 1. The topological polar surface area (TPSA) is 68.0 Å². The number of nitrogens with zero attached hydrogens (tertiary/aromatic N) is 1. The van der Waals surface area contributed by atoms with Crippen LogP contribution >= 0.6 is 11.3 Å². The van der Waals surface area contributed by atoms with E-state index in [0.29, 0.717) is 6.42 Å². The van der Waals surface area contributed by atoms with Crippen LogP contribution in [0.1, 0.15) is 37.7 Å². The number of amides is 1. The van der Waals surface area contributed by atoms with E-state index < -0.39 is 0 Å². The Balaban J connectivity index is 2.32. The molecule has 2 atom stereocenters. The molecule has 5 heteroatoms. The lowest BCUT2D eigenvalue weighted by atomic mass is 10.2. The minimum Gasteiger partial charge on any atom is -0.347 e.